The topological polar surface area (TPSA) is 62.5 Å². The lowest BCUT2D eigenvalue weighted by Gasteiger charge is -2.32. The molecular formula is C17H21BFNO3. The fourth-order valence-electron chi connectivity index (χ4n) is 2.33. The van der Waals surface area contributed by atoms with Gasteiger partial charge in [0, 0.05) is 0 Å². The van der Waals surface area contributed by atoms with E-state index in [-0.39, 0.29) is 13.0 Å². The van der Waals surface area contributed by atoms with Gasteiger partial charge in [0.1, 0.15) is 5.82 Å². The van der Waals surface area contributed by atoms with E-state index in [9.17, 15) is 9.50 Å². The molecule has 1 heterocycles. The van der Waals surface area contributed by atoms with Crippen molar-refractivity contribution in [2.75, 3.05) is 6.61 Å². The monoisotopic (exact) mass is 317 g/mol. The van der Waals surface area contributed by atoms with Crippen molar-refractivity contribution < 1.29 is 18.8 Å². The fourth-order valence-corrected chi connectivity index (χ4v) is 2.33. The molecule has 1 aromatic rings. The van der Waals surface area contributed by atoms with Crippen LogP contribution in [0.15, 0.2) is 23.7 Å². The SMILES string of the molecule is CC1(C)OB(C(=Cc2cc(F)ccc2CC#N)CO)OC1(C)C. The standard InChI is InChI=1S/C17H21BFNO3/c1-16(2)17(3,4)23-18(22-16)14(11-21)9-13-10-15(19)6-5-12(13)7-8-20/h5-6,9-10,21H,7,11H2,1-4H3. The third-order valence-electron chi connectivity index (χ3n) is 4.46. The summed E-state index contributed by atoms with van der Waals surface area (Å²) in [6, 6.07) is 6.28. The van der Waals surface area contributed by atoms with Crippen molar-refractivity contribution in [3.63, 3.8) is 0 Å². The summed E-state index contributed by atoms with van der Waals surface area (Å²) in [5.74, 6) is -0.399. The fraction of sp³-hybridized carbons (Fsp3) is 0.471. The van der Waals surface area contributed by atoms with E-state index in [1.165, 1.54) is 12.1 Å². The molecule has 6 heteroatoms. The number of nitrogens with zero attached hydrogens (tertiary/aromatic N) is 1. The Morgan fingerprint density at radius 2 is 1.91 bits per heavy atom. The van der Waals surface area contributed by atoms with Crippen molar-refractivity contribution in [3.8, 4) is 6.07 Å². The van der Waals surface area contributed by atoms with Gasteiger partial charge in [-0.25, -0.2) is 4.39 Å². The van der Waals surface area contributed by atoms with Crippen LogP contribution in [0.2, 0.25) is 0 Å². The number of hydrogen-bond acceptors (Lipinski definition) is 4. The molecule has 1 fully saturated rings. The van der Waals surface area contributed by atoms with Gasteiger partial charge in [-0.15, -0.1) is 0 Å². The lowest BCUT2D eigenvalue weighted by molar-refractivity contribution is 0.00578. The zero-order valence-corrected chi connectivity index (χ0v) is 13.9. The van der Waals surface area contributed by atoms with Crippen LogP contribution in [0.5, 0.6) is 0 Å². The second kappa shape index (κ2) is 6.44. The molecule has 4 nitrogen and oxygen atoms in total. The van der Waals surface area contributed by atoms with Crippen molar-refractivity contribution >= 4 is 13.2 Å². The van der Waals surface area contributed by atoms with Gasteiger partial charge in [-0.3, -0.25) is 0 Å². The highest BCUT2D eigenvalue weighted by Crippen LogP contribution is 2.38. The first-order chi connectivity index (χ1) is 10.7. The molecule has 0 unspecified atom stereocenters. The van der Waals surface area contributed by atoms with Gasteiger partial charge in [0.05, 0.1) is 30.3 Å². The van der Waals surface area contributed by atoms with E-state index in [0.717, 1.165) is 0 Å². The number of aliphatic hydroxyl groups excluding tert-OH is 1. The largest absolute Gasteiger partial charge is 0.492 e. The molecule has 1 N–H and O–H groups in total. The Kier molecular flexibility index (Phi) is 4.95. The number of nitriles is 1. The molecule has 2 rings (SSSR count). The van der Waals surface area contributed by atoms with E-state index in [1.807, 2.05) is 27.7 Å². The van der Waals surface area contributed by atoms with Crippen LogP contribution in [-0.2, 0) is 15.7 Å². The van der Waals surface area contributed by atoms with E-state index in [4.69, 9.17) is 14.6 Å². The summed E-state index contributed by atoms with van der Waals surface area (Å²) in [6.07, 6.45) is 1.80. The molecule has 0 spiro atoms. The lowest BCUT2D eigenvalue weighted by atomic mass is 9.77. The third-order valence-corrected chi connectivity index (χ3v) is 4.46. The van der Waals surface area contributed by atoms with Crippen LogP contribution in [0.1, 0.15) is 38.8 Å². The van der Waals surface area contributed by atoms with Crippen molar-refractivity contribution in [1.29, 1.82) is 5.26 Å². The normalized spacial score (nSPS) is 19.7. The van der Waals surface area contributed by atoms with Gasteiger partial charge in [0.15, 0.2) is 0 Å². The Hall–Kier alpha value is -1.68. The molecular weight excluding hydrogens is 296 g/mol. The van der Waals surface area contributed by atoms with E-state index in [1.54, 1.807) is 12.1 Å². The predicted molar refractivity (Wildman–Crippen MR) is 86.9 cm³/mol. The summed E-state index contributed by atoms with van der Waals surface area (Å²) in [5, 5.41) is 18.6. The van der Waals surface area contributed by atoms with Gasteiger partial charge in [-0.1, -0.05) is 12.1 Å². The van der Waals surface area contributed by atoms with E-state index in [0.29, 0.717) is 16.6 Å². The Morgan fingerprint density at radius 3 is 2.43 bits per heavy atom. The minimum atomic E-state index is -0.705. The number of rotatable bonds is 4. The average Bonchev–Trinajstić information content (AvgIpc) is 2.67. The molecule has 0 bridgehead atoms. The Labute approximate surface area is 136 Å². The molecule has 1 aliphatic rings. The molecule has 0 amide bonds. The van der Waals surface area contributed by atoms with Crippen molar-refractivity contribution in [2.24, 2.45) is 0 Å². The summed E-state index contributed by atoms with van der Waals surface area (Å²) >= 11 is 0. The van der Waals surface area contributed by atoms with Crippen LogP contribution in [0, 0.1) is 17.1 Å². The zero-order valence-electron chi connectivity index (χ0n) is 13.9. The van der Waals surface area contributed by atoms with Crippen molar-refractivity contribution in [1.82, 2.24) is 0 Å². The first-order valence-electron chi connectivity index (χ1n) is 7.52. The lowest BCUT2D eigenvalue weighted by Crippen LogP contribution is -2.41. The van der Waals surface area contributed by atoms with Crippen LogP contribution >= 0.6 is 0 Å². The highest BCUT2D eigenvalue weighted by atomic mass is 19.1. The van der Waals surface area contributed by atoms with Crippen LogP contribution < -0.4 is 0 Å². The highest BCUT2D eigenvalue weighted by molar-refractivity contribution is 6.55. The van der Waals surface area contributed by atoms with Gasteiger partial charge < -0.3 is 14.4 Å². The van der Waals surface area contributed by atoms with Gasteiger partial charge in [0.25, 0.3) is 0 Å². The average molecular weight is 317 g/mol. The van der Waals surface area contributed by atoms with Crippen molar-refractivity contribution in [2.45, 2.75) is 45.3 Å². The van der Waals surface area contributed by atoms with E-state index in [2.05, 4.69) is 6.07 Å². The Morgan fingerprint density at radius 1 is 1.30 bits per heavy atom. The maximum atomic E-state index is 13.5. The first kappa shape index (κ1) is 17.7. The number of halogens is 1. The van der Waals surface area contributed by atoms with Crippen LogP contribution in [0.25, 0.3) is 6.08 Å². The van der Waals surface area contributed by atoms with E-state index < -0.39 is 24.1 Å². The predicted octanol–water partition coefficient (Wildman–Crippen LogP) is 2.90. The number of aliphatic hydroxyl groups is 1. The van der Waals surface area contributed by atoms with Crippen molar-refractivity contribution in [3.05, 3.63) is 40.6 Å². The zero-order chi connectivity index (χ0) is 17.3. The third kappa shape index (κ3) is 3.64. The quantitative estimate of drug-likeness (QED) is 0.867. The Bertz CT molecular complexity index is 648. The van der Waals surface area contributed by atoms with Crippen LogP contribution in [0.4, 0.5) is 4.39 Å². The molecule has 0 aliphatic carbocycles. The second-order valence-corrected chi connectivity index (χ2v) is 6.64. The first-order valence-corrected chi connectivity index (χ1v) is 7.52. The second-order valence-electron chi connectivity index (χ2n) is 6.64. The molecule has 0 atom stereocenters. The van der Waals surface area contributed by atoms with Crippen LogP contribution in [-0.4, -0.2) is 30.0 Å². The van der Waals surface area contributed by atoms with Gasteiger partial charge in [-0.2, -0.15) is 5.26 Å². The molecule has 1 aliphatic heterocycles. The molecule has 1 saturated heterocycles. The smallest absolute Gasteiger partial charge is 0.400 e. The van der Waals surface area contributed by atoms with Gasteiger partial charge >= 0.3 is 7.12 Å². The molecule has 0 radical (unpaired) electrons. The van der Waals surface area contributed by atoms with Crippen LogP contribution in [0.3, 0.4) is 0 Å². The minimum Gasteiger partial charge on any atom is -0.400 e. The Balaban J connectivity index is 2.38. The number of benzene rings is 1. The summed E-state index contributed by atoms with van der Waals surface area (Å²) in [4.78, 5) is 0. The molecule has 1 aromatic carbocycles. The van der Waals surface area contributed by atoms with Gasteiger partial charge in [0.2, 0.25) is 0 Å². The summed E-state index contributed by atoms with van der Waals surface area (Å²) < 4.78 is 25.3. The maximum absolute atomic E-state index is 13.5. The minimum absolute atomic E-state index is 0.161. The van der Waals surface area contributed by atoms with E-state index >= 15 is 0 Å². The summed E-state index contributed by atoms with van der Waals surface area (Å²) in [6.45, 7) is 7.41. The highest BCUT2D eigenvalue weighted by Gasteiger charge is 2.52. The summed E-state index contributed by atoms with van der Waals surface area (Å²) in [5.41, 5.74) is 0.683. The molecule has 122 valence electrons. The van der Waals surface area contributed by atoms with Gasteiger partial charge in [-0.05, 0) is 56.4 Å². The number of hydrogen-bond donors (Lipinski definition) is 1. The summed E-state index contributed by atoms with van der Waals surface area (Å²) in [7, 11) is -0.705. The molecule has 0 aromatic heterocycles. The molecule has 23 heavy (non-hydrogen) atoms. The molecule has 0 saturated carbocycles. The maximum Gasteiger partial charge on any atom is 0.492 e.